The highest BCUT2D eigenvalue weighted by molar-refractivity contribution is 5.77. The third-order valence-corrected chi connectivity index (χ3v) is 3.72. The number of aryl methyl sites for hydroxylation is 1. The molecule has 0 unspecified atom stereocenters. The van der Waals surface area contributed by atoms with Gasteiger partial charge in [-0.2, -0.15) is 0 Å². The van der Waals surface area contributed by atoms with Gasteiger partial charge < -0.3 is 14.6 Å². The molecule has 0 saturated heterocycles. The van der Waals surface area contributed by atoms with Gasteiger partial charge in [-0.15, -0.1) is 0 Å². The Hall–Kier alpha value is -3.15. The maximum atomic E-state index is 12.8. The van der Waals surface area contributed by atoms with Crippen molar-refractivity contribution < 1.29 is 14.6 Å². The second-order valence-corrected chi connectivity index (χ2v) is 5.26. The van der Waals surface area contributed by atoms with Crippen LogP contribution in [0, 0.1) is 0 Å². The first-order valence-electron chi connectivity index (χ1n) is 7.45. The lowest BCUT2D eigenvalue weighted by Gasteiger charge is -2.13. The van der Waals surface area contributed by atoms with E-state index in [1.165, 1.54) is 4.57 Å². The number of methoxy groups -OCH3 is 1. The highest BCUT2D eigenvalue weighted by Crippen LogP contribution is 2.18. The van der Waals surface area contributed by atoms with Gasteiger partial charge >= 0.3 is 0 Å². The van der Waals surface area contributed by atoms with Gasteiger partial charge in [0, 0.05) is 18.1 Å². The van der Waals surface area contributed by atoms with E-state index in [9.17, 15) is 14.7 Å². The van der Waals surface area contributed by atoms with Crippen molar-refractivity contribution in [2.45, 2.75) is 12.8 Å². The molecule has 0 atom stereocenters. The van der Waals surface area contributed by atoms with Gasteiger partial charge in [0.15, 0.2) is 0 Å². The fraction of sp³-hybridized carbons (Fsp3) is 0.167. The zero-order valence-corrected chi connectivity index (χ0v) is 13.1. The van der Waals surface area contributed by atoms with Gasteiger partial charge in [0.25, 0.3) is 5.56 Å². The quantitative estimate of drug-likeness (QED) is 0.701. The summed E-state index contributed by atoms with van der Waals surface area (Å²) in [6, 6.07) is 14.3. The molecule has 0 aliphatic rings. The molecule has 122 valence electrons. The van der Waals surface area contributed by atoms with E-state index in [0.717, 1.165) is 0 Å². The zero-order chi connectivity index (χ0) is 17.1. The third kappa shape index (κ3) is 2.99. The molecule has 0 aliphatic heterocycles. The predicted octanol–water partition coefficient (Wildman–Crippen LogP) is 1.08. The van der Waals surface area contributed by atoms with Crippen LogP contribution in [0.3, 0.4) is 0 Å². The van der Waals surface area contributed by atoms with E-state index >= 15 is 0 Å². The number of rotatable bonds is 5. The number of carboxylic acids is 1. The van der Waals surface area contributed by atoms with Gasteiger partial charge in [0.05, 0.1) is 18.1 Å². The van der Waals surface area contributed by atoms with Crippen molar-refractivity contribution in [2.75, 3.05) is 7.11 Å². The molecule has 0 fully saturated rings. The molecule has 3 aromatic rings. The van der Waals surface area contributed by atoms with E-state index in [1.807, 2.05) is 12.1 Å². The number of hydrogen-bond acceptors (Lipinski definition) is 5. The molecule has 0 amide bonds. The van der Waals surface area contributed by atoms with E-state index in [4.69, 9.17) is 4.74 Å². The van der Waals surface area contributed by atoms with Crippen molar-refractivity contribution >= 4 is 17.0 Å². The number of ether oxygens (including phenoxy) is 1. The minimum absolute atomic E-state index is 0.0299. The van der Waals surface area contributed by atoms with Gasteiger partial charge in [-0.25, -0.2) is 4.98 Å². The first-order valence-corrected chi connectivity index (χ1v) is 7.45. The molecule has 24 heavy (non-hydrogen) atoms. The number of aromatic nitrogens is 2. The van der Waals surface area contributed by atoms with Crippen LogP contribution in [0.25, 0.3) is 16.7 Å². The summed E-state index contributed by atoms with van der Waals surface area (Å²) in [6.07, 6.45) is -0.217. The van der Waals surface area contributed by atoms with Crippen LogP contribution in [0.5, 0.6) is 5.75 Å². The monoisotopic (exact) mass is 323 g/mol. The van der Waals surface area contributed by atoms with Gasteiger partial charge in [-0.05, 0) is 42.8 Å². The molecule has 0 bridgehead atoms. The molecule has 1 aromatic heterocycles. The summed E-state index contributed by atoms with van der Waals surface area (Å²) in [5, 5.41) is 10.7. The third-order valence-electron chi connectivity index (χ3n) is 3.72. The number of benzene rings is 2. The standard InChI is InChI=1S/C18H16N2O4/c1-24-13-8-6-12(7-9-13)20-16-5-3-2-4-14(16)19-15(18(20)23)10-11-17(21)22/h2-9H,10-11H2,1H3,(H,21,22)/p-1. The number of nitrogens with zero attached hydrogens (tertiary/aromatic N) is 2. The molecule has 0 aliphatic carbocycles. The summed E-state index contributed by atoms with van der Waals surface area (Å²) in [7, 11) is 1.57. The number of carbonyl (C=O) groups excluding carboxylic acids is 1. The summed E-state index contributed by atoms with van der Waals surface area (Å²) >= 11 is 0. The van der Waals surface area contributed by atoms with E-state index in [-0.39, 0.29) is 24.1 Å². The van der Waals surface area contributed by atoms with Crippen LogP contribution < -0.4 is 15.4 Å². The van der Waals surface area contributed by atoms with Crippen LogP contribution in [-0.4, -0.2) is 22.6 Å². The van der Waals surface area contributed by atoms with Gasteiger partial charge in [-0.3, -0.25) is 9.36 Å². The number of para-hydroxylation sites is 2. The van der Waals surface area contributed by atoms with Crippen LogP contribution >= 0.6 is 0 Å². The lowest BCUT2D eigenvalue weighted by atomic mass is 10.2. The fourth-order valence-corrected chi connectivity index (χ4v) is 2.55. The van der Waals surface area contributed by atoms with E-state index in [0.29, 0.717) is 22.5 Å². The first-order chi connectivity index (χ1) is 11.6. The van der Waals surface area contributed by atoms with Crippen LogP contribution in [0.2, 0.25) is 0 Å². The number of aliphatic carboxylic acids is 1. The second-order valence-electron chi connectivity index (χ2n) is 5.26. The molecule has 1 heterocycles. The Balaban J connectivity index is 2.21. The molecule has 3 rings (SSSR count). The summed E-state index contributed by atoms with van der Waals surface area (Å²) in [5.74, 6) is -0.525. The maximum absolute atomic E-state index is 12.8. The highest BCUT2D eigenvalue weighted by atomic mass is 16.5. The number of carbonyl (C=O) groups is 1. The largest absolute Gasteiger partial charge is 0.550 e. The molecule has 2 aromatic carbocycles. The lowest BCUT2D eigenvalue weighted by Crippen LogP contribution is -2.27. The number of hydrogen-bond donors (Lipinski definition) is 0. The maximum Gasteiger partial charge on any atom is 0.277 e. The van der Waals surface area contributed by atoms with E-state index in [1.54, 1.807) is 43.5 Å². The topological polar surface area (TPSA) is 84.2 Å². The van der Waals surface area contributed by atoms with Crippen molar-refractivity contribution in [2.24, 2.45) is 0 Å². The molecule has 0 radical (unpaired) electrons. The highest BCUT2D eigenvalue weighted by Gasteiger charge is 2.12. The SMILES string of the molecule is COc1ccc(-n2c(=O)c(CCC(=O)[O-])nc3ccccc32)cc1. The molecule has 0 spiro atoms. The summed E-state index contributed by atoms with van der Waals surface area (Å²) in [6.45, 7) is 0. The lowest BCUT2D eigenvalue weighted by molar-refractivity contribution is -0.305. The van der Waals surface area contributed by atoms with Crippen molar-refractivity contribution in [3.63, 3.8) is 0 Å². The number of carboxylic acid groups (broad SMARTS) is 1. The Morgan fingerprint density at radius 1 is 1.17 bits per heavy atom. The minimum Gasteiger partial charge on any atom is -0.550 e. The normalized spacial score (nSPS) is 10.7. The fourth-order valence-electron chi connectivity index (χ4n) is 2.55. The first kappa shape index (κ1) is 15.7. The molecular formula is C18H15N2O4-. The average Bonchev–Trinajstić information content (AvgIpc) is 2.60. The summed E-state index contributed by atoms with van der Waals surface area (Å²) in [4.78, 5) is 27.8. The predicted molar refractivity (Wildman–Crippen MR) is 87.2 cm³/mol. The van der Waals surface area contributed by atoms with Crippen LogP contribution in [-0.2, 0) is 11.2 Å². The Labute approximate surface area is 138 Å². The smallest absolute Gasteiger partial charge is 0.277 e. The molecule has 0 N–H and O–H groups in total. The Morgan fingerprint density at radius 2 is 1.88 bits per heavy atom. The van der Waals surface area contributed by atoms with Crippen LogP contribution in [0.4, 0.5) is 0 Å². The molecule has 6 heteroatoms. The zero-order valence-electron chi connectivity index (χ0n) is 13.1. The van der Waals surface area contributed by atoms with E-state index in [2.05, 4.69) is 4.98 Å². The number of fused-ring (bicyclic) bond motifs is 1. The van der Waals surface area contributed by atoms with Gasteiger partial charge in [-0.1, -0.05) is 12.1 Å². The second kappa shape index (κ2) is 6.54. The Morgan fingerprint density at radius 3 is 2.54 bits per heavy atom. The minimum atomic E-state index is -1.21. The van der Waals surface area contributed by atoms with Crippen LogP contribution in [0.15, 0.2) is 53.3 Å². The molecule has 0 saturated carbocycles. The molecule has 6 nitrogen and oxygen atoms in total. The Kier molecular flexibility index (Phi) is 4.29. The van der Waals surface area contributed by atoms with Gasteiger partial charge in [0.2, 0.25) is 0 Å². The summed E-state index contributed by atoms with van der Waals surface area (Å²) in [5.41, 5.74) is 1.81. The molecular weight excluding hydrogens is 308 g/mol. The average molecular weight is 323 g/mol. The Bertz CT molecular complexity index is 945. The summed E-state index contributed by atoms with van der Waals surface area (Å²) < 4.78 is 6.67. The van der Waals surface area contributed by atoms with Gasteiger partial charge in [0.1, 0.15) is 11.4 Å². The van der Waals surface area contributed by atoms with Crippen molar-refractivity contribution in [1.82, 2.24) is 9.55 Å². The van der Waals surface area contributed by atoms with Crippen molar-refractivity contribution in [1.29, 1.82) is 0 Å². The van der Waals surface area contributed by atoms with E-state index < -0.39 is 5.97 Å². The van der Waals surface area contributed by atoms with Crippen molar-refractivity contribution in [3.05, 3.63) is 64.6 Å². The van der Waals surface area contributed by atoms with Crippen LogP contribution in [0.1, 0.15) is 12.1 Å². The van der Waals surface area contributed by atoms with Crippen molar-refractivity contribution in [3.8, 4) is 11.4 Å².